The van der Waals surface area contributed by atoms with Gasteiger partial charge < -0.3 is 14.4 Å². The van der Waals surface area contributed by atoms with Crippen LogP contribution in [0, 0.1) is 5.82 Å². The van der Waals surface area contributed by atoms with Gasteiger partial charge in [0.2, 0.25) is 5.89 Å². The minimum absolute atomic E-state index is 0.196. The van der Waals surface area contributed by atoms with Crippen molar-refractivity contribution in [3.8, 4) is 11.5 Å². The smallest absolute Gasteiger partial charge is 0.250 e. The molecule has 24 heavy (non-hydrogen) atoms. The molecule has 0 spiro atoms. The molecule has 0 radical (unpaired) electrons. The van der Waals surface area contributed by atoms with Crippen LogP contribution in [0.1, 0.15) is 38.5 Å². The monoisotopic (exact) mass is 331 g/mol. The van der Waals surface area contributed by atoms with Gasteiger partial charge in [-0.1, -0.05) is 12.1 Å². The van der Waals surface area contributed by atoms with Crippen molar-refractivity contribution in [1.29, 1.82) is 0 Å². The Hall–Kier alpha value is -1.79. The van der Waals surface area contributed by atoms with Crippen molar-refractivity contribution in [2.75, 3.05) is 19.6 Å². The number of hydrogen-bond donors (Lipinski definition) is 1. The maximum atomic E-state index is 13.8. The van der Waals surface area contributed by atoms with E-state index in [9.17, 15) is 9.50 Å². The summed E-state index contributed by atoms with van der Waals surface area (Å²) < 4.78 is 19.6. The van der Waals surface area contributed by atoms with Crippen LogP contribution in [0.4, 0.5) is 4.39 Å². The second-order valence-electron chi connectivity index (χ2n) is 7.49. The SMILES string of the molecule is CC1(c2nnc(-c3ccccc3F)o2)CN(CCC2(O)CCC2)C1. The number of benzene rings is 1. The quantitative estimate of drug-likeness (QED) is 0.913. The molecule has 1 saturated carbocycles. The summed E-state index contributed by atoms with van der Waals surface area (Å²) in [6.45, 7) is 4.62. The van der Waals surface area contributed by atoms with Gasteiger partial charge in [-0.05, 0) is 44.7 Å². The number of likely N-dealkylation sites (tertiary alicyclic amines) is 1. The third-order valence-electron chi connectivity index (χ3n) is 5.37. The predicted molar refractivity (Wildman–Crippen MR) is 86.9 cm³/mol. The molecule has 0 atom stereocenters. The van der Waals surface area contributed by atoms with E-state index >= 15 is 0 Å². The first-order chi connectivity index (χ1) is 11.5. The Morgan fingerprint density at radius 1 is 1.25 bits per heavy atom. The Kier molecular flexibility index (Phi) is 3.69. The number of aliphatic hydroxyl groups is 1. The maximum absolute atomic E-state index is 13.8. The number of hydrogen-bond acceptors (Lipinski definition) is 5. The molecule has 2 aliphatic rings. The van der Waals surface area contributed by atoms with E-state index in [4.69, 9.17) is 4.42 Å². The first-order valence-corrected chi connectivity index (χ1v) is 8.51. The molecule has 1 aliphatic carbocycles. The lowest BCUT2D eigenvalue weighted by Crippen LogP contribution is -2.58. The minimum atomic E-state index is -0.436. The highest BCUT2D eigenvalue weighted by Gasteiger charge is 2.45. The van der Waals surface area contributed by atoms with E-state index in [1.54, 1.807) is 18.2 Å². The van der Waals surface area contributed by atoms with Crippen LogP contribution in [-0.4, -0.2) is 45.4 Å². The second kappa shape index (κ2) is 5.63. The molecule has 0 bridgehead atoms. The van der Waals surface area contributed by atoms with E-state index in [2.05, 4.69) is 22.0 Å². The average molecular weight is 331 g/mol. The molecule has 1 saturated heterocycles. The van der Waals surface area contributed by atoms with E-state index in [0.29, 0.717) is 11.5 Å². The topological polar surface area (TPSA) is 62.4 Å². The molecule has 0 unspecified atom stereocenters. The first-order valence-electron chi connectivity index (χ1n) is 8.51. The van der Waals surface area contributed by atoms with Gasteiger partial charge in [-0.15, -0.1) is 10.2 Å². The fourth-order valence-electron chi connectivity index (χ4n) is 3.65. The highest BCUT2D eigenvalue weighted by Crippen LogP contribution is 2.38. The van der Waals surface area contributed by atoms with Gasteiger partial charge in [0.1, 0.15) is 5.82 Å². The Labute approximate surface area is 140 Å². The highest BCUT2D eigenvalue weighted by molar-refractivity contribution is 5.53. The van der Waals surface area contributed by atoms with Crippen LogP contribution in [-0.2, 0) is 5.41 Å². The summed E-state index contributed by atoms with van der Waals surface area (Å²) in [4.78, 5) is 2.29. The zero-order chi connectivity index (χ0) is 16.8. The molecule has 2 heterocycles. The largest absolute Gasteiger partial charge is 0.420 e. The van der Waals surface area contributed by atoms with E-state index < -0.39 is 5.60 Å². The summed E-state index contributed by atoms with van der Waals surface area (Å²) in [6.07, 6.45) is 3.81. The molecule has 4 rings (SSSR count). The van der Waals surface area contributed by atoms with Crippen LogP contribution < -0.4 is 0 Å². The van der Waals surface area contributed by atoms with Crippen molar-refractivity contribution in [3.63, 3.8) is 0 Å². The zero-order valence-electron chi connectivity index (χ0n) is 13.8. The molecular formula is C18H22FN3O2. The Morgan fingerprint density at radius 3 is 2.67 bits per heavy atom. The molecule has 2 aromatic rings. The molecular weight excluding hydrogens is 309 g/mol. The van der Waals surface area contributed by atoms with Gasteiger partial charge in [0, 0.05) is 19.6 Å². The van der Waals surface area contributed by atoms with Gasteiger partial charge in [-0.25, -0.2) is 4.39 Å². The van der Waals surface area contributed by atoms with Gasteiger partial charge >= 0.3 is 0 Å². The van der Waals surface area contributed by atoms with E-state index in [-0.39, 0.29) is 17.1 Å². The summed E-state index contributed by atoms with van der Waals surface area (Å²) in [6, 6.07) is 6.41. The van der Waals surface area contributed by atoms with Gasteiger partial charge in [-0.3, -0.25) is 0 Å². The zero-order valence-corrected chi connectivity index (χ0v) is 13.8. The average Bonchev–Trinajstić information content (AvgIpc) is 2.99. The van der Waals surface area contributed by atoms with Crippen molar-refractivity contribution >= 4 is 0 Å². The first kappa shape index (κ1) is 15.7. The number of aromatic nitrogens is 2. The molecule has 1 aromatic heterocycles. The third-order valence-corrected chi connectivity index (χ3v) is 5.37. The molecule has 1 aliphatic heterocycles. The molecule has 5 nitrogen and oxygen atoms in total. The lowest BCUT2D eigenvalue weighted by Gasteiger charge is -2.47. The third kappa shape index (κ3) is 2.74. The second-order valence-corrected chi connectivity index (χ2v) is 7.49. The van der Waals surface area contributed by atoms with Crippen molar-refractivity contribution in [1.82, 2.24) is 15.1 Å². The van der Waals surface area contributed by atoms with E-state index in [0.717, 1.165) is 45.3 Å². The van der Waals surface area contributed by atoms with Gasteiger partial charge in [0.15, 0.2) is 0 Å². The van der Waals surface area contributed by atoms with E-state index in [1.807, 2.05) is 0 Å². The van der Waals surface area contributed by atoms with Crippen molar-refractivity contribution in [3.05, 3.63) is 36.0 Å². The summed E-state index contributed by atoms with van der Waals surface area (Å²) in [5.74, 6) is 0.424. The van der Waals surface area contributed by atoms with Crippen LogP contribution >= 0.6 is 0 Å². The Bertz CT molecular complexity index is 735. The predicted octanol–water partition coefficient (Wildman–Crippen LogP) is 2.75. The summed E-state index contributed by atoms with van der Waals surface area (Å²) in [5.41, 5.74) is -0.295. The minimum Gasteiger partial charge on any atom is -0.420 e. The summed E-state index contributed by atoms with van der Waals surface area (Å²) in [7, 11) is 0. The van der Waals surface area contributed by atoms with Gasteiger partial charge in [0.25, 0.3) is 5.89 Å². The van der Waals surface area contributed by atoms with Crippen LogP contribution in [0.15, 0.2) is 28.7 Å². The Balaban J connectivity index is 1.39. The lowest BCUT2D eigenvalue weighted by molar-refractivity contribution is -0.0569. The number of rotatable bonds is 5. The fraction of sp³-hybridized carbons (Fsp3) is 0.556. The van der Waals surface area contributed by atoms with Crippen molar-refractivity contribution in [2.24, 2.45) is 0 Å². The van der Waals surface area contributed by atoms with E-state index in [1.165, 1.54) is 6.07 Å². The highest BCUT2D eigenvalue weighted by atomic mass is 19.1. The normalized spacial score (nSPS) is 22.0. The molecule has 0 amide bonds. The molecule has 2 fully saturated rings. The fourth-order valence-corrected chi connectivity index (χ4v) is 3.65. The van der Waals surface area contributed by atoms with Crippen molar-refractivity contribution in [2.45, 2.75) is 43.6 Å². The standard InChI is InChI=1S/C18H22FN3O2/c1-17(11-22(12-17)10-9-18(23)7-4-8-18)16-21-20-15(24-16)13-5-2-3-6-14(13)19/h2-3,5-6,23H,4,7-12H2,1H3. The summed E-state index contributed by atoms with van der Waals surface area (Å²) >= 11 is 0. The number of halogens is 1. The van der Waals surface area contributed by atoms with Crippen LogP contribution in [0.5, 0.6) is 0 Å². The molecule has 1 N–H and O–H groups in total. The molecule has 1 aromatic carbocycles. The van der Waals surface area contributed by atoms with Crippen LogP contribution in [0.25, 0.3) is 11.5 Å². The van der Waals surface area contributed by atoms with Gasteiger partial charge in [0.05, 0.1) is 16.6 Å². The molecule has 128 valence electrons. The number of nitrogens with zero attached hydrogens (tertiary/aromatic N) is 3. The van der Waals surface area contributed by atoms with Crippen LogP contribution in [0.3, 0.4) is 0 Å². The lowest BCUT2D eigenvalue weighted by atomic mass is 9.76. The molecule has 6 heteroatoms. The van der Waals surface area contributed by atoms with Gasteiger partial charge in [-0.2, -0.15) is 0 Å². The van der Waals surface area contributed by atoms with Crippen molar-refractivity contribution < 1.29 is 13.9 Å². The maximum Gasteiger partial charge on any atom is 0.250 e. The summed E-state index contributed by atoms with van der Waals surface area (Å²) in [5, 5.41) is 18.3. The Morgan fingerprint density at radius 2 is 2.00 bits per heavy atom. The van der Waals surface area contributed by atoms with Crippen LogP contribution in [0.2, 0.25) is 0 Å².